The number of halogens is 2. The van der Waals surface area contributed by atoms with Gasteiger partial charge in [-0.15, -0.1) is 0 Å². The summed E-state index contributed by atoms with van der Waals surface area (Å²) in [6.07, 6.45) is 1.48. The summed E-state index contributed by atoms with van der Waals surface area (Å²) in [5, 5.41) is 2.96. The van der Waals surface area contributed by atoms with Crippen LogP contribution in [0.5, 0.6) is 5.75 Å². The number of ether oxygens (including phenoxy) is 1. The number of carbonyl (C=O) groups excluding carboxylic acids is 2. The van der Waals surface area contributed by atoms with E-state index in [1.807, 2.05) is 0 Å². The zero-order valence-electron chi connectivity index (χ0n) is 13.3. The summed E-state index contributed by atoms with van der Waals surface area (Å²) in [6, 6.07) is 10.3. The first-order valence-corrected chi connectivity index (χ1v) is 7.79. The highest BCUT2D eigenvalue weighted by molar-refractivity contribution is 6.30. The second-order valence-corrected chi connectivity index (χ2v) is 5.79. The Kier molecular flexibility index (Phi) is 4.72. The molecule has 0 aliphatic carbocycles. The fourth-order valence-corrected chi connectivity index (χ4v) is 2.67. The van der Waals surface area contributed by atoms with Crippen molar-refractivity contribution >= 4 is 29.6 Å². The fourth-order valence-electron chi connectivity index (χ4n) is 2.49. The predicted octanol–water partition coefficient (Wildman–Crippen LogP) is 3.58. The number of imide groups is 1. The Labute approximate surface area is 148 Å². The SMILES string of the molecule is COc1ccc(Cl)cc1/C=C1/NC(=O)N(Cc2ccccc2F)C1=O. The number of benzene rings is 2. The zero-order valence-corrected chi connectivity index (χ0v) is 14.0. The molecule has 1 saturated heterocycles. The second kappa shape index (κ2) is 6.94. The van der Waals surface area contributed by atoms with Crippen LogP contribution in [0.1, 0.15) is 11.1 Å². The van der Waals surface area contributed by atoms with Gasteiger partial charge >= 0.3 is 6.03 Å². The Bertz CT molecular complexity index is 882. The van der Waals surface area contributed by atoms with Crippen molar-refractivity contribution in [2.75, 3.05) is 7.11 Å². The minimum Gasteiger partial charge on any atom is -0.496 e. The quantitative estimate of drug-likeness (QED) is 0.669. The first-order valence-electron chi connectivity index (χ1n) is 7.41. The molecule has 2 aromatic rings. The number of nitrogens with one attached hydrogen (secondary N) is 1. The van der Waals surface area contributed by atoms with Gasteiger partial charge in [0.05, 0.1) is 13.7 Å². The molecule has 5 nitrogen and oxygen atoms in total. The highest BCUT2D eigenvalue weighted by atomic mass is 35.5. The van der Waals surface area contributed by atoms with Crippen LogP contribution in [-0.4, -0.2) is 23.9 Å². The molecule has 25 heavy (non-hydrogen) atoms. The van der Waals surface area contributed by atoms with E-state index in [-0.39, 0.29) is 17.8 Å². The Morgan fingerprint density at radius 3 is 2.72 bits per heavy atom. The average Bonchev–Trinajstić information content (AvgIpc) is 2.84. The number of rotatable bonds is 4. The van der Waals surface area contributed by atoms with Gasteiger partial charge in [-0.3, -0.25) is 9.69 Å². The largest absolute Gasteiger partial charge is 0.496 e. The maximum Gasteiger partial charge on any atom is 0.329 e. The van der Waals surface area contributed by atoms with Gasteiger partial charge in [0.25, 0.3) is 5.91 Å². The molecule has 1 aliphatic heterocycles. The molecule has 1 aliphatic rings. The van der Waals surface area contributed by atoms with E-state index < -0.39 is 17.8 Å². The molecule has 0 radical (unpaired) electrons. The van der Waals surface area contributed by atoms with Crippen LogP contribution in [0, 0.1) is 5.82 Å². The zero-order chi connectivity index (χ0) is 18.0. The Morgan fingerprint density at radius 2 is 2.00 bits per heavy atom. The van der Waals surface area contributed by atoms with E-state index >= 15 is 0 Å². The van der Waals surface area contributed by atoms with Crippen LogP contribution in [-0.2, 0) is 11.3 Å². The lowest BCUT2D eigenvalue weighted by molar-refractivity contribution is -0.123. The molecule has 0 bridgehead atoms. The molecule has 7 heteroatoms. The summed E-state index contributed by atoms with van der Waals surface area (Å²) in [7, 11) is 1.49. The Balaban J connectivity index is 1.89. The maximum atomic E-state index is 13.8. The third-order valence-electron chi connectivity index (χ3n) is 3.74. The number of urea groups is 1. The van der Waals surface area contributed by atoms with Gasteiger partial charge in [0, 0.05) is 16.1 Å². The van der Waals surface area contributed by atoms with Crippen LogP contribution in [0.15, 0.2) is 48.2 Å². The third kappa shape index (κ3) is 3.49. The molecule has 3 amide bonds. The van der Waals surface area contributed by atoms with Crippen LogP contribution in [0.3, 0.4) is 0 Å². The number of carbonyl (C=O) groups is 2. The summed E-state index contributed by atoms with van der Waals surface area (Å²) < 4.78 is 19.0. The van der Waals surface area contributed by atoms with E-state index in [9.17, 15) is 14.0 Å². The maximum absolute atomic E-state index is 13.8. The topological polar surface area (TPSA) is 58.6 Å². The van der Waals surface area contributed by atoms with Crippen LogP contribution in [0.2, 0.25) is 5.02 Å². The van der Waals surface area contributed by atoms with Gasteiger partial charge in [0.2, 0.25) is 0 Å². The molecular formula is C18H14ClFN2O3. The van der Waals surface area contributed by atoms with E-state index in [1.165, 1.54) is 25.3 Å². The summed E-state index contributed by atoms with van der Waals surface area (Å²) in [5.41, 5.74) is 0.876. The highest BCUT2D eigenvalue weighted by Gasteiger charge is 2.34. The van der Waals surface area contributed by atoms with Gasteiger partial charge in [-0.1, -0.05) is 29.8 Å². The van der Waals surface area contributed by atoms with Gasteiger partial charge < -0.3 is 10.1 Å². The van der Waals surface area contributed by atoms with Crippen molar-refractivity contribution in [2.24, 2.45) is 0 Å². The first-order chi connectivity index (χ1) is 12.0. The molecule has 1 heterocycles. The van der Waals surface area contributed by atoms with Crippen LogP contribution in [0.25, 0.3) is 6.08 Å². The van der Waals surface area contributed by atoms with E-state index in [4.69, 9.17) is 16.3 Å². The van der Waals surface area contributed by atoms with Gasteiger partial charge in [0.15, 0.2) is 0 Å². The smallest absolute Gasteiger partial charge is 0.329 e. The third-order valence-corrected chi connectivity index (χ3v) is 3.98. The molecule has 128 valence electrons. The summed E-state index contributed by atoms with van der Waals surface area (Å²) in [4.78, 5) is 25.5. The second-order valence-electron chi connectivity index (χ2n) is 5.36. The lowest BCUT2D eigenvalue weighted by Crippen LogP contribution is -2.30. The standard InChI is InChI=1S/C18H14ClFN2O3/c1-25-16-7-6-13(19)8-12(16)9-15-17(23)22(18(24)21-15)10-11-4-2-3-5-14(11)20/h2-9H,10H2,1H3,(H,21,24)/b15-9+. The number of amides is 3. The van der Waals surface area contributed by atoms with Crippen molar-refractivity contribution in [3.05, 3.63) is 70.1 Å². The van der Waals surface area contributed by atoms with Crippen molar-refractivity contribution in [1.29, 1.82) is 0 Å². The fraction of sp³-hybridized carbons (Fsp3) is 0.111. The van der Waals surface area contributed by atoms with Gasteiger partial charge in [0.1, 0.15) is 17.3 Å². The van der Waals surface area contributed by atoms with Crippen LogP contribution in [0.4, 0.5) is 9.18 Å². The molecule has 2 aromatic carbocycles. The van der Waals surface area contributed by atoms with Crippen molar-refractivity contribution in [1.82, 2.24) is 10.2 Å². The lowest BCUT2D eigenvalue weighted by Gasteiger charge is -2.12. The van der Waals surface area contributed by atoms with Crippen molar-refractivity contribution in [3.63, 3.8) is 0 Å². The first kappa shape index (κ1) is 17.0. The average molecular weight is 361 g/mol. The molecule has 1 fully saturated rings. The minimum atomic E-state index is -0.611. The normalized spacial score (nSPS) is 15.6. The van der Waals surface area contributed by atoms with Crippen molar-refractivity contribution in [2.45, 2.75) is 6.54 Å². The summed E-state index contributed by atoms with van der Waals surface area (Å²) in [5.74, 6) is -0.515. The number of nitrogens with zero attached hydrogens (tertiary/aromatic N) is 1. The van der Waals surface area contributed by atoms with Crippen molar-refractivity contribution in [3.8, 4) is 5.75 Å². The van der Waals surface area contributed by atoms with E-state index in [0.29, 0.717) is 16.3 Å². The molecular weight excluding hydrogens is 347 g/mol. The van der Waals surface area contributed by atoms with Gasteiger partial charge in [-0.2, -0.15) is 0 Å². The van der Waals surface area contributed by atoms with E-state index in [1.54, 1.807) is 30.3 Å². The minimum absolute atomic E-state index is 0.0712. The number of hydrogen-bond donors (Lipinski definition) is 1. The van der Waals surface area contributed by atoms with Crippen LogP contribution < -0.4 is 10.1 Å². The van der Waals surface area contributed by atoms with E-state index in [2.05, 4.69) is 5.32 Å². The summed E-state index contributed by atoms with van der Waals surface area (Å²) in [6.45, 7) is -0.151. The predicted molar refractivity (Wildman–Crippen MR) is 91.5 cm³/mol. The van der Waals surface area contributed by atoms with E-state index in [0.717, 1.165) is 4.90 Å². The molecule has 0 saturated carbocycles. The Morgan fingerprint density at radius 1 is 1.24 bits per heavy atom. The van der Waals surface area contributed by atoms with Crippen molar-refractivity contribution < 1.29 is 18.7 Å². The van der Waals surface area contributed by atoms with Gasteiger partial charge in [-0.05, 0) is 30.3 Å². The highest BCUT2D eigenvalue weighted by Crippen LogP contribution is 2.26. The van der Waals surface area contributed by atoms with Gasteiger partial charge in [-0.25, -0.2) is 9.18 Å². The molecule has 0 spiro atoms. The monoisotopic (exact) mass is 360 g/mol. The lowest BCUT2D eigenvalue weighted by atomic mass is 10.1. The molecule has 0 aromatic heterocycles. The summed E-state index contributed by atoms with van der Waals surface area (Å²) >= 11 is 5.97. The number of hydrogen-bond acceptors (Lipinski definition) is 3. The molecule has 0 unspecified atom stereocenters. The Hall–Kier alpha value is -2.86. The molecule has 0 atom stereocenters. The number of methoxy groups -OCH3 is 1. The molecule has 3 rings (SSSR count). The van der Waals surface area contributed by atoms with Crippen LogP contribution >= 0.6 is 11.6 Å². The molecule has 1 N–H and O–H groups in total.